The Balaban J connectivity index is 1.31. The zero-order valence-electron chi connectivity index (χ0n) is 18.5. The van der Waals surface area contributed by atoms with Crippen molar-refractivity contribution >= 4 is 34.0 Å². The molecule has 1 saturated heterocycles. The largest absolute Gasteiger partial charge is 0.490 e. The molecule has 5 rings (SSSR count). The number of nitrogens with one attached hydrogen (secondary N) is 1. The number of likely N-dealkylation sites (tertiary alicyclic amines) is 1. The van der Waals surface area contributed by atoms with E-state index in [2.05, 4.69) is 37.4 Å². The van der Waals surface area contributed by atoms with E-state index in [1.165, 1.54) is 11.3 Å². The fraction of sp³-hybridized carbons (Fsp3) is 0.292. The molecular weight excluding hydrogens is 436 g/mol. The van der Waals surface area contributed by atoms with E-state index in [0.717, 1.165) is 52.4 Å². The van der Waals surface area contributed by atoms with Gasteiger partial charge in [-0.2, -0.15) is 0 Å². The molecular formula is C24H24N6O2S. The molecule has 33 heavy (non-hydrogen) atoms. The summed E-state index contributed by atoms with van der Waals surface area (Å²) in [6.45, 7) is 3.96. The molecule has 1 fully saturated rings. The van der Waals surface area contributed by atoms with Gasteiger partial charge in [0.1, 0.15) is 27.7 Å². The second-order valence-corrected chi connectivity index (χ2v) is 9.40. The quantitative estimate of drug-likeness (QED) is 0.477. The summed E-state index contributed by atoms with van der Waals surface area (Å²) in [5.41, 5.74) is 2.15. The first kappa shape index (κ1) is 21.4. The fourth-order valence-electron chi connectivity index (χ4n) is 3.82. The van der Waals surface area contributed by atoms with Crippen molar-refractivity contribution in [3.8, 4) is 16.3 Å². The van der Waals surface area contributed by atoms with Crippen LogP contribution >= 0.6 is 11.3 Å². The maximum Gasteiger partial charge on any atom is 0.256 e. The molecule has 8 nitrogen and oxygen atoms in total. The van der Waals surface area contributed by atoms with Crippen LogP contribution < -0.4 is 10.1 Å². The number of piperidine rings is 1. The molecule has 1 aliphatic heterocycles. The molecule has 0 aliphatic carbocycles. The first-order valence-corrected chi connectivity index (χ1v) is 11.7. The van der Waals surface area contributed by atoms with Gasteiger partial charge in [0.25, 0.3) is 5.91 Å². The summed E-state index contributed by atoms with van der Waals surface area (Å²) < 4.78 is 6.12. The van der Waals surface area contributed by atoms with Crippen molar-refractivity contribution < 1.29 is 9.53 Å². The number of amides is 1. The molecule has 1 N–H and O–H groups in total. The van der Waals surface area contributed by atoms with Crippen molar-refractivity contribution in [3.63, 3.8) is 0 Å². The summed E-state index contributed by atoms with van der Waals surface area (Å²) in [6, 6.07) is 11.1. The lowest BCUT2D eigenvalue weighted by Gasteiger charge is -2.29. The van der Waals surface area contributed by atoms with Crippen LogP contribution in [0.5, 0.6) is 5.75 Å². The Labute approximate surface area is 195 Å². The third-order valence-corrected chi connectivity index (χ3v) is 6.53. The van der Waals surface area contributed by atoms with Crippen LogP contribution in [-0.4, -0.2) is 57.2 Å². The predicted octanol–water partition coefficient (Wildman–Crippen LogP) is 4.18. The van der Waals surface area contributed by atoms with Gasteiger partial charge >= 0.3 is 0 Å². The summed E-state index contributed by atoms with van der Waals surface area (Å²) in [5.74, 6) is 0.936. The molecule has 0 unspecified atom stereocenters. The van der Waals surface area contributed by atoms with Crippen LogP contribution in [0.4, 0.5) is 5.82 Å². The van der Waals surface area contributed by atoms with Crippen LogP contribution in [-0.2, 0) is 0 Å². The highest BCUT2D eigenvalue weighted by molar-refractivity contribution is 7.14. The third kappa shape index (κ3) is 4.99. The first-order valence-electron chi connectivity index (χ1n) is 10.9. The zero-order chi connectivity index (χ0) is 22.8. The zero-order valence-corrected chi connectivity index (χ0v) is 19.3. The van der Waals surface area contributed by atoms with Crippen LogP contribution in [0.25, 0.3) is 21.5 Å². The van der Waals surface area contributed by atoms with Crippen molar-refractivity contribution in [3.05, 3.63) is 59.4 Å². The number of ether oxygens (including phenoxy) is 1. The van der Waals surface area contributed by atoms with Gasteiger partial charge in [-0.3, -0.25) is 9.78 Å². The minimum atomic E-state index is -0.237. The van der Waals surface area contributed by atoms with E-state index in [0.29, 0.717) is 17.1 Å². The van der Waals surface area contributed by atoms with E-state index >= 15 is 0 Å². The summed E-state index contributed by atoms with van der Waals surface area (Å²) in [7, 11) is 2.12. The minimum Gasteiger partial charge on any atom is -0.490 e. The van der Waals surface area contributed by atoms with Crippen molar-refractivity contribution in [2.24, 2.45) is 0 Å². The predicted molar refractivity (Wildman–Crippen MR) is 129 cm³/mol. The molecule has 168 valence electrons. The van der Waals surface area contributed by atoms with Gasteiger partial charge in [0.2, 0.25) is 0 Å². The molecule has 9 heteroatoms. The van der Waals surface area contributed by atoms with Crippen molar-refractivity contribution in [2.75, 3.05) is 25.5 Å². The lowest BCUT2D eigenvalue weighted by Crippen LogP contribution is -2.35. The van der Waals surface area contributed by atoms with Crippen molar-refractivity contribution in [1.29, 1.82) is 0 Å². The van der Waals surface area contributed by atoms with Crippen molar-refractivity contribution in [1.82, 2.24) is 25.1 Å². The second-order valence-electron chi connectivity index (χ2n) is 8.21. The minimum absolute atomic E-state index is 0.181. The number of rotatable bonds is 5. The van der Waals surface area contributed by atoms with E-state index in [1.807, 2.05) is 31.2 Å². The van der Waals surface area contributed by atoms with E-state index in [1.54, 1.807) is 24.5 Å². The van der Waals surface area contributed by atoms with Crippen LogP contribution in [0.3, 0.4) is 0 Å². The highest BCUT2D eigenvalue weighted by atomic mass is 32.1. The maximum absolute atomic E-state index is 12.9. The molecule has 1 aromatic carbocycles. The maximum atomic E-state index is 12.9. The Morgan fingerprint density at radius 3 is 2.76 bits per heavy atom. The van der Waals surface area contributed by atoms with Crippen LogP contribution in [0.1, 0.15) is 28.2 Å². The smallest absolute Gasteiger partial charge is 0.256 e. The molecule has 1 amide bonds. The number of fused-ring (bicyclic) bond motifs is 1. The Bertz CT molecular complexity index is 1300. The van der Waals surface area contributed by atoms with Crippen LogP contribution in [0, 0.1) is 6.92 Å². The average Bonchev–Trinajstić information content (AvgIpc) is 3.26. The van der Waals surface area contributed by atoms with Gasteiger partial charge in [0.15, 0.2) is 0 Å². The highest BCUT2D eigenvalue weighted by Gasteiger charge is 2.18. The summed E-state index contributed by atoms with van der Waals surface area (Å²) in [4.78, 5) is 24.0. The Morgan fingerprint density at radius 2 is 1.97 bits per heavy atom. The Kier molecular flexibility index (Phi) is 5.97. The van der Waals surface area contributed by atoms with Gasteiger partial charge in [0.05, 0.1) is 11.7 Å². The van der Waals surface area contributed by atoms with E-state index in [-0.39, 0.29) is 12.0 Å². The molecule has 0 radical (unpaired) electrons. The van der Waals surface area contributed by atoms with Crippen LogP contribution in [0.2, 0.25) is 0 Å². The molecule has 0 bridgehead atoms. The van der Waals surface area contributed by atoms with E-state index in [9.17, 15) is 4.79 Å². The monoisotopic (exact) mass is 460 g/mol. The molecule has 0 spiro atoms. The summed E-state index contributed by atoms with van der Waals surface area (Å²) in [6.07, 6.45) is 5.57. The van der Waals surface area contributed by atoms with Gasteiger partial charge in [-0.05, 0) is 57.1 Å². The molecule has 3 aromatic heterocycles. The SMILES string of the molecule is Cc1nnc(-c2cnc3cnc(NC(=O)c4cccc(OC5CCN(C)CC5)c4)cc3c2)s1. The topological polar surface area (TPSA) is 93.1 Å². The third-order valence-electron chi connectivity index (χ3n) is 5.65. The lowest BCUT2D eigenvalue weighted by atomic mass is 10.1. The summed E-state index contributed by atoms with van der Waals surface area (Å²) in [5, 5.41) is 13.7. The number of hydrogen-bond acceptors (Lipinski definition) is 8. The lowest BCUT2D eigenvalue weighted by molar-refractivity contribution is 0.102. The molecule has 4 heterocycles. The highest BCUT2D eigenvalue weighted by Crippen LogP contribution is 2.26. The number of aryl methyl sites for hydroxylation is 1. The van der Waals surface area contributed by atoms with Gasteiger partial charge in [-0.1, -0.05) is 17.4 Å². The van der Waals surface area contributed by atoms with Gasteiger partial charge in [-0.25, -0.2) is 4.98 Å². The van der Waals surface area contributed by atoms with Gasteiger partial charge in [0, 0.05) is 35.8 Å². The molecule has 1 aliphatic rings. The average molecular weight is 461 g/mol. The number of carbonyl (C=O) groups excluding carboxylic acids is 1. The summed E-state index contributed by atoms with van der Waals surface area (Å²) >= 11 is 1.51. The van der Waals surface area contributed by atoms with Gasteiger partial charge in [-0.15, -0.1) is 10.2 Å². The number of carbonyl (C=O) groups is 1. The standard InChI is InChI=1S/C24H24N6O2S/c1-15-28-29-24(33-15)18-10-17-12-22(26-14-21(17)25-13-18)27-23(31)16-4-3-5-20(11-16)32-19-6-8-30(2)9-7-19/h3-5,10-14,19H,6-9H2,1-2H3,(H,26,27,31). The Hall–Kier alpha value is -3.43. The number of benzene rings is 1. The van der Waals surface area contributed by atoms with Crippen molar-refractivity contribution in [2.45, 2.75) is 25.9 Å². The number of anilines is 1. The molecule has 4 aromatic rings. The van der Waals surface area contributed by atoms with E-state index < -0.39 is 0 Å². The second kappa shape index (κ2) is 9.21. The number of aromatic nitrogens is 4. The van der Waals surface area contributed by atoms with Crippen LogP contribution in [0.15, 0.2) is 48.8 Å². The number of pyridine rings is 2. The normalized spacial score (nSPS) is 15.0. The fourth-order valence-corrected chi connectivity index (χ4v) is 4.50. The van der Waals surface area contributed by atoms with E-state index in [4.69, 9.17) is 4.74 Å². The number of nitrogens with zero attached hydrogens (tertiary/aromatic N) is 5. The first-order chi connectivity index (χ1) is 16.0. The number of hydrogen-bond donors (Lipinski definition) is 1. The Morgan fingerprint density at radius 1 is 1.12 bits per heavy atom. The molecule has 0 atom stereocenters. The van der Waals surface area contributed by atoms with Gasteiger partial charge < -0.3 is 15.0 Å². The molecule has 0 saturated carbocycles.